The Labute approximate surface area is 135 Å². The zero-order chi connectivity index (χ0) is 17.0. The summed E-state index contributed by atoms with van der Waals surface area (Å²) >= 11 is 0. The number of sulfonamides is 1. The highest BCUT2D eigenvalue weighted by Crippen LogP contribution is 2.22. The van der Waals surface area contributed by atoms with Crippen LogP contribution in [0, 0.1) is 6.92 Å². The Bertz CT molecular complexity index is 684. The number of nitrogens with zero attached hydrogens (tertiary/aromatic N) is 1. The fraction of sp³-hybridized carbons (Fsp3) is 0.467. The summed E-state index contributed by atoms with van der Waals surface area (Å²) in [7, 11) is -3.86. The summed E-state index contributed by atoms with van der Waals surface area (Å²) in [6, 6.07) is 5.73. The number of rotatable bonds is 5. The molecule has 0 saturated carbocycles. The third-order valence-corrected chi connectivity index (χ3v) is 5.49. The smallest absolute Gasteiger partial charge is 0.307 e. The van der Waals surface area contributed by atoms with Crippen molar-refractivity contribution in [2.75, 3.05) is 19.7 Å². The normalized spacial score (nSPS) is 19.2. The molecule has 0 spiro atoms. The molecule has 126 valence electrons. The molecule has 1 aromatic carbocycles. The van der Waals surface area contributed by atoms with E-state index in [1.54, 1.807) is 19.1 Å². The van der Waals surface area contributed by atoms with Crippen LogP contribution in [-0.4, -0.2) is 50.3 Å². The molecule has 7 nitrogen and oxygen atoms in total. The highest BCUT2D eigenvalue weighted by molar-refractivity contribution is 7.89. The van der Waals surface area contributed by atoms with E-state index in [1.165, 1.54) is 12.1 Å². The first kappa shape index (κ1) is 17.4. The van der Waals surface area contributed by atoms with Gasteiger partial charge in [-0.2, -0.15) is 4.31 Å². The molecule has 0 bridgehead atoms. The number of benzene rings is 1. The van der Waals surface area contributed by atoms with Crippen LogP contribution in [0.5, 0.6) is 0 Å². The summed E-state index contributed by atoms with van der Waals surface area (Å²) < 4.78 is 31.5. The van der Waals surface area contributed by atoms with Gasteiger partial charge in [-0.25, -0.2) is 8.42 Å². The summed E-state index contributed by atoms with van der Waals surface area (Å²) in [5.41, 5.74) is 0.934. The van der Waals surface area contributed by atoms with Gasteiger partial charge in [-0.1, -0.05) is 17.7 Å². The molecule has 1 aromatic rings. The van der Waals surface area contributed by atoms with E-state index in [-0.39, 0.29) is 36.9 Å². The highest BCUT2D eigenvalue weighted by atomic mass is 32.2. The molecule has 1 saturated heterocycles. The molecule has 1 aliphatic heterocycles. The van der Waals surface area contributed by atoms with Crippen LogP contribution in [0.1, 0.15) is 18.9 Å². The van der Waals surface area contributed by atoms with Crippen molar-refractivity contribution >= 4 is 21.9 Å². The number of hydrogen-bond acceptors (Lipinski definition) is 5. The van der Waals surface area contributed by atoms with E-state index in [4.69, 9.17) is 4.74 Å². The molecular formula is C15H20N2O5S. The lowest BCUT2D eigenvalue weighted by Crippen LogP contribution is -2.56. The molecule has 0 aliphatic carbocycles. The monoisotopic (exact) mass is 340 g/mol. The molecule has 23 heavy (non-hydrogen) atoms. The maximum atomic E-state index is 12.8. The van der Waals surface area contributed by atoms with Gasteiger partial charge in [0.1, 0.15) is 0 Å². The van der Waals surface area contributed by atoms with Crippen LogP contribution in [0.4, 0.5) is 0 Å². The number of nitrogens with one attached hydrogen (secondary N) is 1. The van der Waals surface area contributed by atoms with Gasteiger partial charge in [0.05, 0.1) is 30.5 Å². The van der Waals surface area contributed by atoms with Crippen LogP contribution in [-0.2, 0) is 24.3 Å². The fourth-order valence-corrected chi connectivity index (χ4v) is 3.95. The number of hydrogen-bond donors (Lipinski definition) is 1. The van der Waals surface area contributed by atoms with E-state index in [0.717, 1.165) is 9.87 Å². The number of piperazine rings is 1. The summed E-state index contributed by atoms with van der Waals surface area (Å²) in [5.74, 6) is -0.876. The molecule has 1 atom stereocenters. The SMILES string of the molecule is CCOC(=O)C[C@H]1CNC(=O)CN1S(=O)(=O)c1ccc(C)cc1. The standard InChI is InChI=1S/C15H20N2O5S/c1-3-22-15(19)8-12-9-16-14(18)10-17(12)23(20,21)13-6-4-11(2)5-7-13/h4-7,12H,3,8-10H2,1-2H3,(H,16,18)/t12-/m0/s1. The van der Waals surface area contributed by atoms with Crippen molar-refractivity contribution in [3.05, 3.63) is 29.8 Å². The number of esters is 1. The molecule has 1 N–H and O–H groups in total. The molecule has 1 heterocycles. The zero-order valence-electron chi connectivity index (χ0n) is 13.1. The van der Waals surface area contributed by atoms with Gasteiger partial charge in [-0.15, -0.1) is 0 Å². The number of amides is 1. The lowest BCUT2D eigenvalue weighted by Gasteiger charge is -2.33. The molecule has 1 aliphatic rings. The molecule has 0 aromatic heterocycles. The lowest BCUT2D eigenvalue weighted by atomic mass is 10.1. The Hall–Kier alpha value is -1.93. The predicted molar refractivity (Wildman–Crippen MR) is 83.1 cm³/mol. The number of carbonyl (C=O) groups excluding carboxylic acids is 2. The Morgan fingerprint density at radius 2 is 2.00 bits per heavy atom. The second-order valence-corrected chi connectivity index (χ2v) is 7.22. The zero-order valence-corrected chi connectivity index (χ0v) is 13.9. The number of carbonyl (C=O) groups is 2. The predicted octanol–water partition coefficient (Wildman–Crippen LogP) is 0.437. The highest BCUT2D eigenvalue weighted by Gasteiger charge is 2.37. The van der Waals surface area contributed by atoms with E-state index in [9.17, 15) is 18.0 Å². The molecule has 0 unspecified atom stereocenters. The van der Waals surface area contributed by atoms with E-state index in [0.29, 0.717) is 0 Å². The summed E-state index contributed by atoms with van der Waals surface area (Å²) in [5, 5.41) is 2.59. The first-order valence-electron chi connectivity index (χ1n) is 7.35. The van der Waals surface area contributed by atoms with Crippen LogP contribution in [0.2, 0.25) is 0 Å². The van der Waals surface area contributed by atoms with E-state index in [2.05, 4.69) is 5.32 Å². The Morgan fingerprint density at radius 1 is 1.35 bits per heavy atom. The second kappa shape index (κ2) is 7.10. The molecule has 2 rings (SSSR count). The molecule has 1 amide bonds. The van der Waals surface area contributed by atoms with Gasteiger partial charge in [-0.3, -0.25) is 9.59 Å². The van der Waals surface area contributed by atoms with Gasteiger partial charge in [0.2, 0.25) is 15.9 Å². The fourth-order valence-electron chi connectivity index (χ4n) is 2.37. The van der Waals surface area contributed by atoms with Crippen LogP contribution in [0.15, 0.2) is 29.2 Å². The van der Waals surface area contributed by atoms with Crippen LogP contribution in [0.3, 0.4) is 0 Å². The van der Waals surface area contributed by atoms with Gasteiger partial charge in [0.25, 0.3) is 0 Å². The largest absolute Gasteiger partial charge is 0.466 e. The van der Waals surface area contributed by atoms with Crippen molar-refractivity contribution in [2.24, 2.45) is 0 Å². The maximum Gasteiger partial charge on any atom is 0.307 e. The maximum absolute atomic E-state index is 12.8. The number of ether oxygens (including phenoxy) is 1. The average molecular weight is 340 g/mol. The van der Waals surface area contributed by atoms with Crippen LogP contribution < -0.4 is 5.32 Å². The van der Waals surface area contributed by atoms with Gasteiger partial charge in [0, 0.05) is 6.54 Å². The van der Waals surface area contributed by atoms with Crippen molar-refractivity contribution in [1.29, 1.82) is 0 Å². The molecule has 0 radical (unpaired) electrons. The van der Waals surface area contributed by atoms with E-state index < -0.39 is 22.0 Å². The topological polar surface area (TPSA) is 92.8 Å². The second-order valence-electron chi connectivity index (χ2n) is 5.33. The first-order chi connectivity index (χ1) is 10.8. The quantitative estimate of drug-likeness (QED) is 0.785. The van der Waals surface area contributed by atoms with E-state index >= 15 is 0 Å². The average Bonchev–Trinajstić information content (AvgIpc) is 2.49. The van der Waals surface area contributed by atoms with Crippen molar-refractivity contribution < 1.29 is 22.7 Å². The number of aryl methyl sites for hydroxylation is 1. The van der Waals surface area contributed by atoms with Crippen molar-refractivity contribution in [1.82, 2.24) is 9.62 Å². The third-order valence-electron chi connectivity index (χ3n) is 3.58. The van der Waals surface area contributed by atoms with Crippen LogP contribution >= 0.6 is 0 Å². The molecular weight excluding hydrogens is 320 g/mol. The third kappa shape index (κ3) is 4.08. The summed E-state index contributed by atoms with van der Waals surface area (Å²) in [4.78, 5) is 23.4. The minimum atomic E-state index is -3.86. The Kier molecular flexibility index (Phi) is 5.38. The Morgan fingerprint density at radius 3 is 2.61 bits per heavy atom. The van der Waals surface area contributed by atoms with Crippen molar-refractivity contribution in [3.8, 4) is 0 Å². The van der Waals surface area contributed by atoms with Gasteiger partial charge >= 0.3 is 5.97 Å². The van der Waals surface area contributed by atoms with Crippen molar-refractivity contribution in [2.45, 2.75) is 31.2 Å². The Balaban J connectivity index is 2.28. The van der Waals surface area contributed by atoms with Gasteiger partial charge in [-0.05, 0) is 26.0 Å². The lowest BCUT2D eigenvalue weighted by molar-refractivity contribution is -0.145. The molecule has 8 heteroatoms. The van der Waals surface area contributed by atoms with Gasteiger partial charge < -0.3 is 10.1 Å². The minimum absolute atomic E-state index is 0.0861. The van der Waals surface area contributed by atoms with Crippen molar-refractivity contribution in [3.63, 3.8) is 0 Å². The summed E-state index contributed by atoms with van der Waals surface area (Å²) in [6.07, 6.45) is -0.0980. The minimum Gasteiger partial charge on any atom is -0.466 e. The van der Waals surface area contributed by atoms with Crippen LogP contribution in [0.25, 0.3) is 0 Å². The van der Waals surface area contributed by atoms with E-state index in [1.807, 2.05) is 6.92 Å². The van der Waals surface area contributed by atoms with Gasteiger partial charge in [0.15, 0.2) is 0 Å². The summed E-state index contributed by atoms with van der Waals surface area (Å²) in [6.45, 7) is 3.54. The molecule has 1 fully saturated rings. The first-order valence-corrected chi connectivity index (χ1v) is 8.79.